The van der Waals surface area contributed by atoms with Crippen molar-refractivity contribution in [3.63, 3.8) is 0 Å². The highest BCUT2D eigenvalue weighted by Gasteiger charge is 2.23. The van der Waals surface area contributed by atoms with Crippen LogP contribution >= 0.6 is 0 Å². The lowest BCUT2D eigenvalue weighted by molar-refractivity contribution is 0.354. The summed E-state index contributed by atoms with van der Waals surface area (Å²) in [6.07, 6.45) is 0.824. The average molecular weight is 438 g/mol. The smallest absolute Gasteiger partial charge is 0.291 e. The summed E-state index contributed by atoms with van der Waals surface area (Å²) < 4.78 is 21.8. The molecule has 4 rings (SSSR count). The van der Waals surface area contributed by atoms with E-state index in [0.717, 1.165) is 35.4 Å². The van der Waals surface area contributed by atoms with Crippen LogP contribution in [0.4, 0.5) is 0 Å². The number of aromatic hydroxyl groups is 1. The summed E-state index contributed by atoms with van der Waals surface area (Å²) in [7, 11) is 6.26. The predicted octanol–water partition coefficient (Wildman–Crippen LogP) is 3.30. The highest BCUT2D eigenvalue weighted by Crippen LogP contribution is 2.40. The van der Waals surface area contributed by atoms with Gasteiger partial charge in [-0.2, -0.15) is 0 Å². The molecule has 0 saturated carbocycles. The Morgan fingerprint density at radius 3 is 2.06 bits per heavy atom. The van der Waals surface area contributed by atoms with E-state index in [1.807, 2.05) is 19.1 Å². The van der Waals surface area contributed by atoms with Crippen LogP contribution in [0.2, 0.25) is 0 Å². The summed E-state index contributed by atoms with van der Waals surface area (Å²) in [5.41, 5.74) is 3.75. The van der Waals surface area contributed by atoms with Crippen molar-refractivity contribution in [1.29, 1.82) is 0 Å². The van der Waals surface area contributed by atoms with Gasteiger partial charge in [-0.3, -0.25) is 4.79 Å². The summed E-state index contributed by atoms with van der Waals surface area (Å²) in [5, 5.41) is 14.9. The van der Waals surface area contributed by atoms with E-state index in [-0.39, 0.29) is 5.75 Å². The fourth-order valence-electron chi connectivity index (χ4n) is 4.18. The summed E-state index contributed by atoms with van der Waals surface area (Å²) in [4.78, 5) is 15.4. The van der Waals surface area contributed by atoms with Crippen LogP contribution < -0.4 is 29.8 Å². The molecule has 0 bridgehead atoms. The first kappa shape index (κ1) is 21.4. The molecule has 1 aliphatic rings. The SMILES string of the molecule is COc1cc2c(cc1OC)/C(=C(\C)c1[nH]c(=O)c(O)c3cc(OC)c(OC)cc13)NCC2. The van der Waals surface area contributed by atoms with Crippen LogP contribution in [0.5, 0.6) is 28.7 Å². The summed E-state index contributed by atoms with van der Waals surface area (Å²) in [6.45, 7) is 2.65. The quantitative estimate of drug-likeness (QED) is 0.562. The van der Waals surface area contributed by atoms with Gasteiger partial charge in [-0.1, -0.05) is 0 Å². The molecule has 3 N–H and O–H groups in total. The second-order valence-corrected chi connectivity index (χ2v) is 7.47. The number of rotatable bonds is 5. The number of aromatic nitrogens is 1. The Bertz CT molecular complexity index is 1290. The first-order valence-corrected chi connectivity index (χ1v) is 10.1. The minimum atomic E-state index is -0.581. The van der Waals surface area contributed by atoms with Crippen molar-refractivity contribution >= 4 is 22.0 Å². The van der Waals surface area contributed by atoms with Crippen molar-refractivity contribution < 1.29 is 24.1 Å². The third-order valence-corrected chi connectivity index (χ3v) is 5.83. The molecule has 0 fully saturated rings. The largest absolute Gasteiger partial charge is 0.503 e. The number of benzene rings is 2. The number of hydrogen-bond donors (Lipinski definition) is 3. The molecule has 8 heteroatoms. The van der Waals surface area contributed by atoms with Gasteiger partial charge in [0, 0.05) is 28.6 Å². The van der Waals surface area contributed by atoms with E-state index in [1.54, 1.807) is 33.5 Å². The molecule has 8 nitrogen and oxygen atoms in total. The van der Waals surface area contributed by atoms with Crippen molar-refractivity contribution in [2.45, 2.75) is 13.3 Å². The highest BCUT2D eigenvalue weighted by molar-refractivity contribution is 6.02. The molecule has 0 aliphatic carbocycles. The van der Waals surface area contributed by atoms with Crippen molar-refractivity contribution in [2.75, 3.05) is 35.0 Å². The monoisotopic (exact) mass is 438 g/mol. The zero-order valence-electron chi connectivity index (χ0n) is 18.7. The molecule has 1 aliphatic heterocycles. The van der Waals surface area contributed by atoms with Gasteiger partial charge in [-0.15, -0.1) is 0 Å². The fourth-order valence-corrected chi connectivity index (χ4v) is 4.18. The summed E-state index contributed by atoms with van der Waals surface area (Å²) in [6, 6.07) is 7.27. The molecule has 32 heavy (non-hydrogen) atoms. The normalized spacial score (nSPS) is 14.4. The maximum atomic E-state index is 12.6. The second-order valence-electron chi connectivity index (χ2n) is 7.47. The maximum absolute atomic E-state index is 12.6. The lowest BCUT2D eigenvalue weighted by atomic mass is 9.92. The first-order chi connectivity index (χ1) is 15.4. The highest BCUT2D eigenvalue weighted by atomic mass is 16.5. The number of allylic oxidation sites excluding steroid dienone is 1. The van der Waals surface area contributed by atoms with Crippen LogP contribution in [-0.2, 0) is 6.42 Å². The van der Waals surface area contributed by atoms with E-state index >= 15 is 0 Å². The van der Waals surface area contributed by atoms with E-state index in [9.17, 15) is 9.90 Å². The number of H-pyrrole nitrogens is 1. The Kier molecular flexibility index (Phi) is 5.61. The lowest BCUT2D eigenvalue weighted by Gasteiger charge is -2.25. The van der Waals surface area contributed by atoms with Crippen LogP contribution in [0.25, 0.3) is 22.0 Å². The van der Waals surface area contributed by atoms with E-state index < -0.39 is 5.56 Å². The summed E-state index contributed by atoms with van der Waals surface area (Å²) >= 11 is 0. The minimum absolute atomic E-state index is 0.370. The van der Waals surface area contributed by atoms with E-state index in [0.29, 0.717) is 39.5 Å². The molecule has 0 atom stereocenters. The molecule has 0 unspecified atom stereocenters. The van der Waals surface area contributed by atoms with Gasteiger partial charge in [0.2, 0.25) is 0 Å². The van der Waals surface area contributed by atoms with Crippen molar-refractivity contribution in [3.8, 4) is 28.7 Å². The maximum Gasteiger partial charge on any atom is 0.291 e. The van der Waals surface area contributed by atoms with Crippen LogP contribution in [0.15, 0.2) is 29.1 Å². The van der Waals surface area contributed by atoms with Crippen molar-refractivity contribution in [1.82, 2.24) is 10.3 Å². The fraction of sp³-hybridized carbons (Fsp3) is 0.292. The number of methoxy groups -OCH3 is 4. The predicted molar refractivity (Wildman–Crippen MR) is 123 cm³/mol. The zero-order chi connectivity index (χ0) is 23.0. The van der Waals surface area contributed by atoms with Crippen LogP contribution in [0.1, 0.15) is 23.7 Å². The van der Waals surface area contributed by atoms with Gasteiger partial charge in [0.05, 0.1) is 34.1 Å². The Morgan fingerprint density at radius 1 is 0.875 bits per heavy atom. The van der Waals surface area contributed by atoms with Gasteiger partial charge in [0.15, 0.2) is 28.7 Å². The minimum Gasteiger partial charge on any atom is -0.503 e. The molecule has 168 valence electrons. The van der Waals surface area contributed by atoms with Crippen molar-refractivity contribution in [2.24, 2.45) is 0 Å². The third kappa shape index (κ3) is 3.37. The topological polar surface area (TPSA) is 102 Å². The first-order valence-electron chi connectivity index (χ1n) is 10.1. The Labute approximate surface area is 185 Å². The molecule has 0 radical (unpaired) electrons. The molecule has 2 aromatic carbocycles. The molecule has 1 aromatic heterocycles. The van der Waals surface area contributed by atoms with Crippen LogP contribution in [0.3, 0.4) is 0 Å². The Balaban J connectivity index is 2.02. The number of fused-ring (bicyclic) bond motifs is 2. The van der Waals surface area contributed by atoms with Gasteiger partial charge in [0.1, 0.15) is 0 Å². The standard InChI is InChI=1S/C24H26N2O6/c1-12(21-14-9-18(30-3)17(29-2)8-13(14)6-7-25-21)22-15-10-19(31-4)20(32-5)11-16(15)23(27)24(28)26-22/h8-11,25,27H,6-7H2,1-5H3,(H,26,28)/b21-12-. The molecule has 0 amide bonds. The van der Waals surface area contributed by atoms with Crippen LogP contribution in [0, 0.1) is 0 Å². The molecule has 3 aromatic rings. The molecule has 0 spiro atoms. The molecular weight excluding hydrogens is 412 g/mol. The number of aromatic amines is 1. The number of pyridine rings is 1. The van der Waals surface area contributed by atoms with Gasteiger partial charge in [0.25, 0.3) is 5.56 Å². The number of nitrogens with one attached hydrogen (secondary N) is 2. The van der Waals surface area contributed by atoms with E-state index in [2.05, 4.69) is 10.3 Å². The molecular formula is C24H26N2O6. The zero-order valence-corrected chi connectivity index (χ0v) is 18.7. The summed E-state index contributed by atoms with van der Waals surface area (Å²) in [5.74, 6) is 1.84. The van der Waals surface area contributed by atoms with Gasteiger partial charge < -0.3 is 34.4 Å². The Hall–Kier alpha value is -3.81. The lowest BCUT2D eigenvalue weighted by Crippen LogP contribution is -2.24. The average Bonchev–Trinajstić information content (AvgIpc) is 2.83. The second kappa shape index (κ2) is 8.37. The van der Waals surface area contributed by atoms with Gasteiger partial charge in [-0.05, 0) is 48.7 Å². The van der Waals surface area contributed by atoms with Gasteiger partial charge in [-0.25, -0.2) is 0 Å². The molecule has 0 saturated heterocycles. The number of ether oxygens (including phenoxy) is 4. The van der Waals surface area contributed by atoms with E-state index in [1.165, 1.54) is 7.11 Å². The Morgan fingerprint density at radius 2 is 1.44 bits per heavy atom. The van der Waals surface area contributed by atoms with E-state index in [4.69, 9.17) is 18.9 Å². The van der Waals surface area contributed by atoms with Crippen molar-refractivity contribution in [3.05, 3.63) is 51.4 Å². The third-order valence-electron chi connectivity index (χ3n) is 5.83. The van der Waals surface area contributed by atoms with Gasteiger partial charge >= 0.3 is 0 Å². The van der Waals surface area contributed by atoms with Crippen LogP contribution in [-0.4, -0.2) is 45.1 Å². The number of hydrogen-bond acceptors (Lipinski definition) is 7. The molecule has 2 heterocycles.